The van der Waals surface area contributed by atoms with E-state index in [1.807, 2.05) is 0 Å². The molecule has 0 aromatic heterocycles. The Hall–Kier alpha value is -3.32. The normalized spacial score (nSPS) is 20.0. The summed E-state index contributed by atoms with van der Waals surface area (Å²) in [5.74, 6) is 0.516. The Morgan fingerprint density at radius 1 is 0.758 bits per heavy atom. The predicted octanol–water partition coefficient (Wildman–Crippen LogP) is 8.00. The van der Waals surface area contributed by atoms with Crippen LogP contribution in [0.25, 0.3) is 16.3 Å². The molecule has 6 rings (SSSR count). The first-order chi connectivity index (χ1) is 16.3. The van der Waals surface area contributed by atoms with Gasteiger partial charge >= 0.3 is 0 Å². The number of hydrogen-bond acceptors (Lipinski definition) is 1. The average Bonchev–Trinajstić information content (AvgIpc) is 2.89. The van der Waals surface area contributed by atoms with E-state index >= 15 is 0 Å². The number of hydrogen-bond donors (Lipinski definition) is 1. The van der Waals surface area contributed by atoms with Gasteiger partial charge in [-0.05, 0) is 95.7 Å². The van der Waals surface area contributed by atoms with Crippen LogP contribution in [-0.4, -0.2) is 0 Å². The van der Waals surface area contributed by atoms with Crippen molar-refractivity contribution in [3.8, 4) is 0 Å². The van der Waals surface area contributed by atoms with Gasteiger partial charge in [0.15, 0.2) is 0 Å². The maximum atomic E-state index is 3.69. The summed E-state index contributed by atoms with van der Waals surface area (Å²) in [6.45, 7) is 0. The molecular formula is C32H31N. The first-order valence-electron chi connectivity index (χ1n) is 12.5. The summed E-state index contributed by atoms with van der Waals surface area (Å²) in [6.07, 6.45) is 20.1. The second-order valence-electron chi connectivity index (χ2n) is 9.59. The highest BCUT2D eigenvalue weighted by atomic mass is 14.9. The van der Waals surface area contributed by atoms with E-state index in [1.165, 1.54) is 59.0 Å². The smallest absolute Gasteiger partial charge is 0.0338 e. The molecule has 3 aromatic carbocycles. The number of aryl methyl sites for hydroxylation is 1. The van der Waals surface area contributed by atoms with Crippen molar-refractivity contribution < 1.29 is 0 Å². The Morgan fingerprint density at radius 2 is 1.64 bits per heavy atom. The van der Waals surface area contributed by atoms with Crippen LogP contribution in [0.1, 0.15) is 60.3 Å². The first-order valence-corrected chi connectivity index (χ1v) is 12.5. The van der Waals surface area contributed by atoms with Gasteiger partial charge in [0.1, 0.15) is 0 Å². The van der Waals surface area contributed by atoms with Crippen molar-refractivity contribution in [2.45, 2.75) is 50.9 Å². The van der Waals surface area contributed by atoms with Crippen LogP contribution in [-0.2, 0) is 12.8 Å². The third-order valence-corrected chi connectivity index (χ3v) is 7.52. The topological polar surface area (TPSA) is 12.0 Å². The lowest BCUT2D eigenvalue weighted by molar-refractivity contribution is 0.670. The second-order valence-corrected chi connectivity index (χ2v) is 9.59. The zero-order valence-electron chi connectivity index (χ0n) is 19.2. The predicted molar refractivity (Wildman–Crippen MR) is 140 cm³/mol. The van der Waals surface area contributed by atoms with Crippen LogP contribution in [0.4, 0.5) is 0 Å². The summed E-state index contributed by atoms with van der Waals surface area (Å²) in [7, 11) is 0. The van der Waals surface area contributed by atoms with Crippen LogP contribution >= 0.6 is 0 Å². The Labute approximate surface area is 197 Å². The van der Waals surface area contributed by atoms with Crippen LogP contribution in [0.15, 0.2) is 102 Å². The van der Waals surface area contributed by atoms with E-state index in [0.29, 0.717) is 5.92 Å². The molecule has 3 aliphatic rings. The first kappa shape index (κ1) is 20.3. The zero-order valence-corrected chi connectivity index (χ0v) is 19.2. The van der Waals surface area contributed by atoms with Gasteiger partial charge in [-0.1, -0.05) is 78.9 Å². The molecule has 0 amide bonds. The SMILES string of the molecule is C1=CC(c2cccc3c2CCCC3)CC=C1NC1=CC=C(c2cccc3ccccc23)CC1. The van der Waals surface area contributed by atoms with E-state index < -0.39 is 0 Å². The summed E-state index contributed by atoms with van der Waals surface area (Å²) in [5, 5.41) is 6.36. The minimum Gasteiger partial charge on any atom is -0.359 e. The summed E-state index contributed by atoms with van der Waals surface area (Å²) >= 11 is 0. The number of fused-ring (bicyclic) bond motifs is 2. The molecule has 0 fully saturated rings. The maximum absolute atomic E-state index is 3.69. The van der Waals surface area contributed by atoms with Gasteiger partial charge in [-0.2, -0.15) is 0 Å². The monoisotopic (exact) mass is 429 g/mol. The molecule has 0 aliphatic heterocycles. The highest BCUT2D eigenvalue weighted by Gasteiger charge is 2.19. The molecule has 1 heteroatoms. The minimum absolute atomic E-state index is 0.516. The Bertz CT molecular complexity index is 1310. The van der Waals surface area contributed by atoms with Crippen molar-refractivity contribution in [2.24, 2.45) is 0 Å². The molecule has 3 aromatic rings. The van der Waals surface area contributed by atoms with Gasteiger partial charge < -0.3 is 5.32 Å². The van der Waals surface area contributed by atoms with Crippen molar-refractivity contribution in [2.75, 3.05) is 0 Å². The molecule has 1 N–H and O–H groups in total. The standard InChI is InChI=1S/C32H31N/c1-3-11-29-23(7-1)9-5-13-31(29)25-15-19-27(20-16-25)33-28-21-17-26(18-22-28)32-14-6-10-24-8-2-4-12-30(24)32/h1,3,5-7,9-11,13-15,17,19,21-22,26,33H,2,4,8,12,16,18,20H2. The average molecular weight is 430 g/mol. The summed E-state index contributed by atoms with van der Waals surface area (Å²) in [4.78, 5) is 0. The highest BCUT2D eigenvalue weighted by Crippen LogP contribution is 2.35. The van der Waals surface area contributed by atoms with Crippen molar-refractivity contribution in [3.63, 3.8) is 0 Å². The van der Waals surface area contributed by atoms with Gasteiger partial charge in [0.05, 0.1) is 0 Å². The van der Waals surface area contributed by atoms with Gasteiger partial charge in [-0.25, -0.2) is 0 Å². The fourth-order valence-corrected chi connectivity index (χ4v) is 5.76. The van der Waals surface area contributed by atoms with Crippen LogP contribution in [0, 0.1) is 0 Å². The van der Waals surface area contributed by atoms with Crippen molar-refractivity contribution >= 4 is 16.3 Å². The number of rotatable bonds is 4. The number of allylic oxidation sites excluding steroid dienone is 7. The van der Waals surface area contributed by atoms with Crippen LogP contribution in [0.2, 0.25) is 0 Å². The molecule has 1 unspecified atom stereocenters. The molecule has 0 bridgehead atoms. The van der Waals surface area contributed by atoms with Crippen LogP contribution in [0.3, 0.4) is 0 Å². The van der Waals surface area contributed by atoms with Crippen molar-refractivity contribution in [1.29, 1.82) is 0 Å². The summed E-state index contributed by atoms with van der Waals surface area (Å²) < 4.78 is 0. The largest absolute Gasteiger partial charge is 0.359 e. The Morgan fingerprint density at radius 3 is 2.52 bits per heavy atom. The molecule has 1 nitrogen and oxygen atoms in total. The number of benzene rings is 3. The van der Waals surface area contributed by atoms with Crippen LogP contribution < -0.4 is 5.32 Å². The summed E-state index contributed by atoms with van der Waals surface area (Å²) in [5.41, 5.74) is 10.1. The maximum Gasteiger partial charge on any atom is 0.0338 e. The Kier molecular flexibility index (Phi) is 5.48. The second kappa shape index (κ2) is 8.90. The molecule has 3 aliphatic carbocycles. The van der Waals surface area contributed by atoms with E-state index in [-0.39, 0.29) is 0 Å². The molecule has 0 heterocycles. The quantitative estimate of drug-likeness (QED) is 0.443. The third kappa shape index (κ3) is 4.09. The molecule has 33 heavy (non-hydrogen) atoms. The fourth-order valence-electron chi connectivity index (χ4n) is 5.76. The van der Waals surface area contributed by atoms with Gasteiger partial charge in [-0.3, -0.25) is 0 Å². The van der Waals surface area contributed by atoms with Crippen molar-refractivity contribution in [3.05, 3.63) is 125 Å². The van der Waals surface area contributed by atoms with Gasteiger partial charge in [0, 0.05) is 17.3 Å². The molecule has 0 radical (unpaired) electrons. The van der Waals surface area contributed by atoms with Gasteiger partial charge in [0.25, 0.3) is 0 Å². The fraction of sp³-hybridized carbons (Fsp3) is 0.250. The lowest BCUT2D eigenvalue weighted by Crippen LogP contribution is -2.16. The minimum atomic E-state index is 0.516. The van der Waals surface area contributed by atoms with E-state index in [0.717, 1.165) is 19.3 Å². The Balaban J connectivity index is 1.16. The van der Waals surface area contributed by atoms with Gasteiger partial charge in [0.2, 0.25) is 0 Å². The van der Waals surface area contributed by atoms with Gasteiger partial charge in [-0.15, -0.1) is 0 Å². The molecule has 0 saturated heterocycles. The lowest BCUT2D eigenvalue weighted by Gasteiger charge is -2.25. The molecular weight excluding hydrogens is 398 g/mol. The molecule has 164 valence electrons. The summed E-state index contributed by atoms with van der Waals surface area (Å²) in [6, 6.07) is 22.3. The molecule has 0 saturated carbocycles. The zero-order chi connectivity index (χ0) is 22.0. The van der Waals surface area contributed by atoms with E-state index in [1.54, 1.807) is 16.7 Å². The van der Waals surface area contributed by atoms with Crippen molar-refractivity contribution in [1.82, 2.24) is 5.32 Å². The highest BCUT2D eigenvalue weighted by molar-refractivity contribution is 5.94. The third-order valence-electron chi connectivity index (χ3n) is 7.52. The molecule has 0 spiro atoms. The van der Waals surface area contributed by atoms with Crippen LogP contribution in [0.5, 0.6) is 0 Å². The van der Waals surface area contributed by atoms with E-state index in [4.69, 9.17) is 0 Å². The number of nitrogens with one attached hydrogen (secondary N) is 1. The lowest BCUT2D eigenvalue weighted by atomic mass is 9.81. The van der Waals surface area contributed by atoms with E-state index in [2.05, 4.69) is 96.4 Å². The van der Waals surface area contributed by atoms with E-state index in [9.17, 15) is 0 Å². The molecule has 1 atom stereocenters.